The Labute approximate surface area is 87.2 Å². The highest BCUT2D eigenvalue weighted by atomic mass is 16.5. The van der Waals surface area contributed by atoms with Crippen LogP contribution in [0.3, 0.4) is 0 Å². The van der Waals surface area contributed by atoms with Crippen LogP contribution in [-0.4, -0.2) is 38.5 Å². The summed E-state index contributed by atoms with van der Waals surface area (Å²) in [6, 6.07) is 0.567. The van der Waals surface area contributed by atoms with E-state index < -0.39 is 0 Å². The SMILES string of the molecule is CCCNC(C)CCOC1CCOC1. The van der Waals surface area contributed by atoms with E-state index >= 15 is 0 Å². The number of rotatable bonds is 7. The Morgan fingerprint density at radius 2 is 2.43 bits per heavy atom. The Bertz CT molecular complexity index is 135. The zero-order valence-corrected chi connectivity index (χ0v) is 9.42. The first-order valence-corrected chi connectivity index (χ1v) is 5.75. The van der Waals surface area contributed by atoms with Crippen LogP contribution < -0.4 is 5.32 Å². The summed E-state index contributed by atoms with van der Waals surface area (Å²) in [5.74, 6) is 0. The molecule has 84 valence electrons. The summed E-state index contributed by atoms with van der Waals surface area (Å²) in [7, 11) is 0. The second-order valence-corrected chi connectivity index (χ2v) is 4.00. The monoisotopic (exact) mass is 201 g/mol. The fourth-order valence-corrected chi connectivity index (χ4v) is 1.55. The van der Waals surface area contributed by atoms with Crippen LogP contribution in [0.25, 0.3) is 0 Å². The topological polar surface area (TPSA) is 30.5 Å². The van der Waals surface area contributed by atoms with Gasteiger partial charge in [-0.1, -0.05) is 6.92 Å². The van der Waals surface area contributed by atoms with Gasteiger partial charge in [-0.3, -0.25) is 0 Å². The molecule has 0 amide bonds. The normalized spacial score (nSPS) is 24.0. The van der Waals surface area contributed by atoms with Crippen molar-refractivity contribution < 1.29 is 9.47 Å². The predicted molar refractivity (Wildman–Crippen MR) is 57.5 cm³/mol. The van der Waals surface area contributed by atoms with E-state index in [-0.39, 0.29) is 0 Å². The summed E-state index contributed by atoms with van der Waals surface area (Å²) in [5, 5.41) is 3.45. The van der Waals surface area contributed by atoms with E-state index in [0.29, 0.717) is 12.1 Å². The van der Waals surface area contributed by atoms with Gasteiger partial charge in [0.15, 0.2) is 0 Å². The van der Waals surface area contributed by atoms with Gasteiger partial charge in [-0.05, 0) is 32.7 Å². The average molecular weight is 201 g/mol. The van der Waals surface area contributed by atoms with Crippen molar-refractivity contribution in [2.24, 2.45) is 0 Å². The lowest BCUT2D eigenvalue weighted by Gasteiger charge is -2.15. The van der Waals surface area contributed by atoms with Crippen molar-refractivity contribution >= 4 is 0 Å². The number of hydrogen-bond acceptors (Lipinski definition) is 3. The molecular formula is C11H23NO2. The highest BCUT2D eigenvalue weighted by Crippen LogP contribution is 2.08. The molecule has 1 aliphatic heterocycles. The lowest BCUT2D eigenvalue weighted by molar-refractivity contribution is 0.0384. The van der Waals surface area contributed by atoms with Crippen LogP contribution in [0.5, 0.6) is 0 Å². The Balaban J connectivity index is 1.91. The van der Waals surface area contributed by atoms with E-state index in [1.54, 1.807) is 0 Å². The van der Waals surface area contributed by atoms with Gasteiger partial charge in [0.25, 0.3) is 0 Å². The van der Waals surface area contributed by atoms with Crippen molar-refractivity contribution in [1.29, 1.82) is 0 Å². The Morgan fingerprint density at radius 1 is 1.57 bits per heavy atom. The molecule has 3 heteroatoms. The average Bonchev–Trinajstić information content (AvgIpc) is 2.67. The van der Waals surface area contributed by atoms with E-state index in [1.807, 2.05) is 0 Å². The molecule has 1 N–H and O–H groups in total. The Morgan fingerprint density at radius 3 is 3.07 bits per heavy atom. The van der Waals surface area contributed by atoms with E-state index in [1.165, 1.54) is 6.42 Å². The molecule has 1 saturated heterocycles. The summed E-state index contributed by atoms with van der Waals surface area (Å²) in [4.78, 5) is 0. The van der Waals surface area contributed by atoms with Gasteiger partial charge in [0.2, 0.25) is 0 Å². The molecule has 0 aromatic heterocycles. The van der Waals surface area contributed by atoms with Crippen molar-refractivity contribution in [3.63, 3.8) is 0 Å². The third-order valence-corrected chi connectivity index (χ3v) is 2.54. The second-order valence-electron chi connectivity index (χ2n) is 4.00. The molecule has 14 heavy (non-hydrogen) atoms. The maximum atomic E-state index is 5.69. The fourth-order valence-electron chi connectivity index (χ4n) is 1.55. The third-order valence-electron chi connectivity index (χ3n) is 2.54. The summed E-state index contributed by atoms with van der Waals surface area (Å²) in [6.07, 6.45) is 3.71. The lowest BCUT2D eigenvalue weighted by Crippen LogP contribution is -2.28. The van der Waals surface area contributed by atoms with Crippen LogP contribution in [0.2, 0.25) is 0 Å². The molecule has 0 bridgehead atoms. The minimum atomic E-state index is 0.355. The molecule has 3 nitrogen and oxygen atoms in total. The van der Waals surface area contributed by atoms with Gasteiger partial charge >= 0.3 is 0 Å². The van der Waals surface area contributed by atoms with Gasteiger partial charge in [-0.25, -0.2) is 0 Å². The summed E-state index contributed by atoms with van der Waals surface area (Å²) < 4.78 is 10.9. The largest absolute Gasteiger partial charge is 0.379 e. The van der Waals surface area contributed by atoms with Crippen LogP contribution in [0.15, 0.2) is 0 Å². The molecule has 1 aliphatic rings. The second kappa shape index (κ2) is 7.21. The maximum Gasteiger partial charge on any atom is 0.0830 e. The molecule has 2 unspecified atom stereocenters. The lowest BCUT2D eigenvalue weighted by atomic mass is 10.2. The van der Waals surface area contributed by atoms with Gasteiger partial charge in [0, 0.05) is 19.3 Å². The first kappa shape index (κ1) is 12.0. The quantitative estimate of drug-likeness (QED) is 0.678. The minimum absolute atomic E-state index is 0.355. The molecular weight excluding hydrogens is 178 g/mol. The molecule has 0 aromatic rings. The van der Waals surface area contributed by atoms with Crippen LogP contribution in [0.1, 0.15) is 33.1 Å². The molecule has 1 rings (SSSR count). The summed E-state index contributed by atoms with van der Waals surface area (Å²) in [6.45, 7) is 8.01. The van der Waals surface area contributed by atoms with Crippen molar-refractivity contribution in [2.45, 2.75) is 45.3 Å². The highest BCUT2D eigenvalue weighted by molar-refractivity contribution is 4.64. The minimum Gasteiger partial charge on any atom is -0.379 e. The zero-order valence-electron chi connectivity index (χ0n) is 9.42. The first-order valence-electron chi connectivity index (χ1n) is 5.75. The summed E-state index contributed by atoms with van der Waals surface area (Å²) in [5.41, 5.74) is 0. The zero-order chi connectivity index (χ0) is 10.2. The molecule has 0 saturated carbocycles. The molecule has 0 aliphatic carbocycles. The summed E-state index contributed by atoms with van der Waals surface area (Å²) >= 11 is 0. The maximum absolute atomic E-state index is 5.69. The Kier molecular flexibility index (Phi) is 6.15. The van der Waals surface area contributed by atoms with Gasteiger partial charge in [-0.15, -0.1) is 0 Å². The number of nitrogens with one attached hydrogen (secondary N) is 1. The van der Waals surface area contributed by atoms with Gasteiger partial charge in [0.05, 0.1) is 12.7 Å². The van der Waals surface area contributed by atoms with Crippen LogP contribution in [-0.2, 0) is 9.47 Å². The smallest absolute Gasteiger partial charge is 0.0830 e. The van der Waals surface area contributed by atoms with Gasteiger partial charge < -0.3 is 14.8 Å². The van der Waals surface area contributed by atoms with E-state index in [0.717, 1.165) is 39.2 Å². The molecule has 1 fully saturated rings. The van der Waals surface area contributed by atoms with E-state index in [9.17, 15) is 0 Å². The fraction of sp³-hybridized carbons (Fsp3) is 1.00. The number of ether oxygens (including phenoxy) is 2. The first-order chi connectivity index (χ1) is 6.83. The van der Waals surface area contributed by atoms with Crippen LogP contribution in [0.4, 0.5) is 0 Å². The van der Waals surface area contributed by atoms with E-state index in [4.69, 9.17) is 9.47 Å². The van der Waals surface area contributed by atoms with E-state index in [2.05, 4.69) is 19.2 Å². The Hall–Kier alpha value is -0.120. The van der Waals surface area contributed by atoms with Gasteiger partial charge in [0.1, 0.15) is 0 Å². The molecule has 0 spiro atoms. The van der Waals surface area contributed by atoms with Crippen molar-refractivity contribution in [3.8, 4) is 0 Å². The van der Waals surface area contributed by atoms with Crippen LogP contribution >= 0.6 is 0 Å². The standard InChI is InChI=1S/C11H23NO2/c1-3-6-12-10(2)4-8-14-11-5-7-13-9-11/h10-12H,3-9H2,1-2H3. The molecule has 1 heterocycles. The number of hydrogen-bond donors (Lipinski definition) is 1. The molecule has 0 aromatic carbocycles. The van der Waals surface area contributed by atoms with Crippen molar-refractivity contribution in [1.82, 2.24) is 5.32 Å². The van der Waals surface area contributed by atoms with Crippen LogP contribution in [0, 0.1) is 0 Å². The highest BCUT2D eigenvalue weighted by Gasteiger charge is 2.15. The van der Waals surface area contributed by atoms with Gasteiger partial charge in [-0.2, -0.15) is 0 Å². The third kappa shape index (κ3) is 4.94. The predicted octanol–water partition coefficient (Wildman–Crippen LogP) is 1.57. The molecule has 0 radical (unpaired) electrons. The van der Waals surface area contributed by atoms with Crippen molar-refractivity contribution in [3.05, 3.63) is 0 Å². The van der Waals surface area contributed by atoms with Crippen molar-refractivity contribution in [2.75, 3.05) is 26.4 Å². The molecule has 2 atom stereocenters.